The van der Waals surface area contributed by atoms with Gasteiger partial charge in [0.2, 0.25) is 0 Å². The van der Waals surface area contributed by atoms with Gasteiger partial charge in [-0.2, -0.15) is 0 Å². The molecule has 2 rings (SSSR count). The summed E-state index contributed by atoms with van der Waals surface area (Å²) in [5, 5.41) is 3.00. The van der Waals surface area contributed by atoms with E-state index in [9.17, 15) is 14.4 Å². The Kier molecular flexibility index (Phi) is 6.19. The van der Waals surface area contributed by atoms with Crippen LogP contribution in [0.3, 0.4) is 0 Å². The predicted molar refractivity (Wildman–Crippen MR) is 93.5 cm³/mol. The van der Waals surface area contributed by atoms with Gasteiger partial charge in [0.1, 0.15) is 0 Å². The van der Waals surface area contributed by atoms with Crippen LogP contribution in [0.5, 0.6) is 0 Å². The Morgan fingerprint density at radius 3 is 2.46 bits per heavy atom. The summed E-state index contributed by atoms with van der Waals surface area (Å²) in [5.41, 5.74) is 4.52. The Balaban J connectivity index is 1.81. The van der Waals surface area contributed by atoms with Crippen molar-refractivity contribution in [2.75, 3.05) is 6.54 Å². The molecule has 0 aliphatic carbocycles. The second-order valence-electron chi connectivity index (χ2n) is 4.72. The van der Waals surface area contributed by atoms with Crippen LogP contribution in [-0.4, -0.2) is 24.3 Å². The number of carbonyl (C=O) groups is 3. The van der Waals surface area contributed by atoms with Gasteiger partial charge in [-0.25, -0.2) is 0 Å². The fraction of sp³-hybridized carbons (Fsp3) is 0.133. The van der Waals surface area contributed by atoms with E-state index in [-0.39, 0.29) is 23.0 Å². The number of aryl methyl sites for hydroxylation is 1. The van der Waals surface area contributed by atoms with E-state index >= 15 is 0 Å². The molecule has 3 N–H and O–H groups in total. The highest BCUT2D eigenvalue weighted by Gasteiger charge is 2.13. The van der Waals surface area contributed by atoms with Crippen molar-refractivity contribution in [2.45, 2.75) is 6.92 Å². The van der Waals surface area contributed by atoms with Crippen molar-refractivity contribution in [3.63, 3.8) is 0 Å². The minimum Gasteiger partial charge on any atom is -0.342 e. The largest absolute Gasteiger partial charge is 0.342 e. The van der Waals surface area contributed by atoms with E-state index in [1.54, 1.807) is 12.1 Å². The van der Waals surface area contributed by atoms with Crippen molar-refractivity contribution in [3.8, 4) is 0 Å². The molecule has 0 spiro atoms. The van der Waals surface area contributed by atoms with Crippen LogP contribution in [0.4, 0.5) is 0 Å². The summed E-state index contributed by atoms with van der Waals surface area (Å²) in [5.74, 6) is -1.55. The van der Waals surface area contributed by atoms with Gasteiger partial charge in [-0.1, -0.05) is 23.2 Å². The minimum atomic E-state index is -0.615. The minimum absolute atomic E-state index is 0.127. The first-order valence-electron chi connectivity index (χ1n) is 6.75. The third-order valence-corrected chi connectivity index (χ3v) is 4.43. The monoisotopic (exact) mass is 385 g/mol. The zero-order valence-corrected chi connectivity index (χ0v) is 14.8. The van der Waals surface area contributed by atoms with Crippen LogP contribution in [-0.2, 0) is 4.79 Å². The number of hydrogen-bond donors (Lipinski definition) is 3. The summed E-state index contributed by atoms with van der Waals surface area (Å²) < 4.78 is 0. The first-order chi connectivity index (χ1) is 11.4. The van der Waals surface area contributed by atoms with E-state index in [1.165, 1.54) is 23.5 Å². The van der Waals surface area contributed by atoms with Crippen molar-refractivity contribution in [1.29, 1.82) is 0 Å². The Bertz CT molecular complexity index is 792. The second-order valence-corrected chi connectivity index (χ2v) is 6.85. The van der Waals surface area contributed by atoms with Gasteiger partial charge in [-0.15, -0.1) is 11.3 Å². The predicted octanol–water partition coefficient (Wildman–Crippen LogP) is 2.55. The molecule has 2 aromatic rings. The number of amides is 3. The number of hydrazine groups is 1. The van der Waals surface area contributed by atoms with Gasteiger partial charge >= 0.3 is 0 Å². The lowest BCUT2D eigenvalue weighted by atomic mass is 10.2. The molecule has 0 aliphatic rings. The molecule has 0 unspecified atom stereocenters. The Morgan fingerprint density at radius 2 is 1.79 bits per heavy atom. The Morgan fingerprint density at radius 1 is 1.04 bits per heavy atom. The number of rotatable bonds is 4. The molecule has 6 nitrogen and oxygen atoms in total. The van der Waals surface area contributed by atoms with Crippen molar-refractivity contribution < 1.29 is 14.4 Å². The highest BCUT2D eigenvalue weighted by atomic mass is 35.5. The highest BCUT2D eigenvalue weighted by molar-refractivity contribution is 7.13. The van der Waals surface area contributed by atoms with Crippen molar-refractivity contribution in [1.82, 2.24) is 16.2 Å². The lowest BCUT2D eigenvalue weighted by Gasteiger charge is -2.09. The second kappa shape index (κ2) is 8.14. The van der Waals surface area contributed by atoms with E-state index in [2.05, 4.69) is 16.2 Å². The molecule has 0 bridgehead atoms. The van der Waals surface area contributed by atoms with E-state index in [1.807, 2.05) is 13.0 Å². The molecule has 126 valence electrons. The van der Waals surface area contributed by atoms with Crippen molar-refractivity contribution >= 4 is 52.3 Å². The molecule has 1 aromatic heterocycles. The number of carbonyl (C=O) groups excluding carboxylic acids is 3. The van der Waals surface area contributed by atoms with Crippen molar-refractivity contribution in [3.05, 3.63) is 55.7 Å². The number of halogens is 2. The number of benzene rings is 1. The standard InChI is InChI=1S/C15H13Cl2N3O3S/c1-8-2-5-12(24-8)15(23)18-7-13(21)19-20-14(22)10-6-9(16)3-4-11(10)17/h2-6H,7H2,1H3,(H,18,23)(H,19,21)(H,20,22). The molecule has 1 aromatic carbocycles. The maximum atomic E-state index is 11.9. The van der Waals surface area contributed by atoms with Gasteiger partial charge in [-0.3, -0.25) is 25.2 Å². The summed E-state index contributed by atoms with van der Waals surface area (Å²) >= 11 is 13.0. The zero-order valence-electron chi connectivity index (χ0n) is 12.5. The normalized spacial score (nSPS) is 10.1. The van der Waals surface area contributed by atoms with E-state index in [4.69, 9.17) is 23.2 Å². The SMILES string of the molecule is Cc1ccc(C(=O)NCC(=O)NNC(=O)c2cc(Cl)ccc2Cl)s1. The van der Waals surface area contributed by atoms with Gasteiger partial charge in [-0.05, 0) is 37.3 Å². The molecule has 0 saturated carbocycles. The molecule has 0 fully saturated rings. The first-order valence-corrected chi connectivity index (χ1v) is 8.33. The van der Waals surface area contributed by atoms with Crippen LogP contribution in [0.15, 0.2) is 30.3 Å². The molecule has 0 saturated heterocycles. The molecule has 9 heteroatoms. The number of hydrogen-bond acceptors (Lipinski definition) is 4. The average Bonchev–Trinajstić information content (AvgIpc) is 2.99. The number of nitrogens with one attached hydrogen (secondary N) is 3. The third kappa shape index (κ3) is 4.95. The molecule has 0 aliphatic heterocycles. The average molecular weight is 386 g/mol. The summed E-state index contributed by atoms with van der Waals surface area (Å²) in [6, 6.07) is 7.89. The summed E-state index contributed by atoms with van der Waals surface area (Å²) in [7, 11) is 0. The summed E-state index contributed by atoms with van der Waals surface area (Å²) in [6.45, 7) is 1.60. The van der Waals surface area contributed by atoms with Crippen LogP contribution < -0.4 is 16.2 Å². The smallest absolute Gasteiger partial charge is 0.271 e. The van der Waals surface area contributed by atoms with Gasteiger partial charge in [0.05, 0.1) is 22.0 Å². The van der Waals surface area contributed by atoms with Crippen molar-refractivity contribution in [2.24, 2.45) is 0 Å². The van der Waals surface area contributed by atoms with Gasteiger partial charge in [0, 0.05) is 9.90 Å². The van der Waals surface area contributed by atoms with E-state index in [0.29, 0.717) is 9.90 Å². The third-order valence-electron chi connectivity index (χ3n) is 2.86. The molecule has 1 heterocycles. The van der Waals surface area contributed by atoms with E-state index in [0.717, 1.165) is 4.88 Å². The Hall–Kier alpha value is -2.09. The molecule has 3 amide bonds. The van der Waals surface area contributed by atoms with E-state index < -0.39 is 11.8 Å². The topological polar surface area (TPSA) is 87.3 Å². The molecular weight excluding hydrogens is 373 g/mol. The van der Waals surface area contributed by atoms with Gasteiger partial charge in [0.25, 0.3) is 17.7 Å². The first kappa shape index (κ1) is 18.3. The van der Waals surface area contributed by atoms with Crippen LogP contribution in [0.1, 0.15) is 24.9 Å². The summed E-state index contributed by atoms with van der Waals surface area (Å²) in [6.07, 6.45) is 0. The quantitative estimate of drug-likeness (QED) is 0.706. The van der Waals surface area contributed by atoms with Crippen LogP contribution in [0.25, 0.3) is 0 Å². The molecular formula is C15H13Cl2N3O3S. The highest BCUT2D eigenvalue weighted by Crippen LogP contribution is 2.20. The number of thiophene rings is 1. The fourth-order valence-electron chi connectivity index (χ4n) is 1.71. The molecule has 0 radical (unpaired) electrons. The maximum Gasteiger partial charge on any atom is 0.271 e. The van der Waals surface area contributed by atoms with Crippen LogP contribution in [0, 0.1) is 6.92 Å². The maximum absolute atomic E-state index is 11.9. The van der Waals surface area contributed by atoms with Gasteiger partial charge in [0.15, 0.2) is 0 Å². The Labute approximate surface area is 152 Å². The lowest BCUT2D eigenvalue weighted by Crippen LogP contribution is -2.46. The zero-order chi connectivity index (χ0) is 17.7. The fourth-order valence-corrected chi connectivity index (χ4v) is 2.87. The van der Waals surface area contributed by atoms with Crippen LogP contribution in [0.2, 0.25) is 10.0 Å². The molecule has 0 atom stereocenters. The summed E-state index contributed by atoms with van der Waals surface area (Å²) in [4.78, 5) is 36.9. The van der Waals surface area contributed by atoms with Crippen LogP contribution >= 0.6 is 34.5 Å². The van der Waals surface area contributed by atoms with Gasteiger partial charge < -0.3 is 5.32 Å². The lowest BCUT2D eigenvalue weighted by molar-refractivity contribution is -0.120. The molecule has 24 heavy (non-hydrogen) atoms.